The zero-order chi connectivity index (χ0) is 16.1. The highest BCUT2D eigenvalue weighted by Crippen LogP contribution is 2.21. The first-order chi connectivity index (χ1) is 9.68. The van der Waals surface area contributed by atoms with Gasteiger partial charge in [0.1, 0.15) is 0 Å². The fraction of sp³-hybridized carbons (Fsp3) is 0.938. The lowest BCUT2D eigenvalue weighted by atomic mass is 9.90. The van der Waals surface area contributed by atoms with Gasteiger partial charge in [-0.25, -0.2) is 0 Å². The number of nitrogens with two attached hydrogens (primary N) is 1. The first-order valence-electron chi connectivity index (χ1n) is 8.02. The second kappa shape index (κ2) is 7.56. The predicted octanol–water partition coefficient (Wildman–Crippen LogP) is 1.32. The second-order valence-corrected chi connectivity index (χ2v) is 7.38. The van der Waals surface area contributed by atoms with E-state index in [0.29, 0.717) is 0 Å². The van der Waals surface area contributed by atoms with Crippen molar-refractivity contribution in [2.45, 2.75) is 46.1 Å². The SMILES string of the molecule is CCCC(C)(N)C(=O)N(C)CC(C)(C)CN1CCOCC1. The van der Waals surface area contributed by atoms with Crippen LogP contribution in [-0.4, -0.2) is 67.7 Å². The van der Waals surface area contributed by atoms with Crippen LogP contribution < -0.4 is 5.73 Å². The minimum absolute atomic E-state index is 0.0411. The Morgan fingerprint density at radius 1 is 1.29 bits per heavy atom. The fourth-order valence-corrected chi connectivity index (χ4v) is 3.19. The molecule has 1 fully saturated rings. The van der Waals surface area contributed by atoms with Gasteiger partial charge in [0.25, 0.3) is 0 Å². The van der Waals surface area contributed by atoms with E-state index >= 15 is 0 Å². The number of likely N-dealkylation sites (N-methyl/N-ethyl adjacent to an activating group) is 1. The van der Waals surface area contributed by atoms with Crippen LogP contribution in [0.25, 0.3) is 0 Å². The minimum Gasteiger partial charge on any atom is -0.379 e. The van der Waals surface area contributed by atoms with Gasteiger partial charge in [-0.3, -0.25) is 9.69 Å². The molecule has 2 N–H and O–H groups in total. The summed E-state index contributed by atoms with van der Waals surface area (Å²) in [5.74, 6) is 0.0411. The molecular formula is C16H33N3O2. The number of amides is 1. The quantitative estimate of drug-likeness (QED) is 0.770. The molecule has 1 saturated heterocycles. The van der Waals surface area contributed by atoms with Crippen LogP contribution in [0.4, 0.5) is 0 Å². The molecule has 0 radical (unpaired) electrons. The summed E-state index contributed by atoms with van der Waals surface area (Å²) >= 11 is 0. The van der Waals surface area contributed by atoms with E-state index in [-0.39, 0.29) is 11.3 Å². The second-order valence-electron chi connectivity index (χ2n) is 7.38. The van der Waals surface area contributed by atoms with Crippen molar-refractivity contribution in [3.8, 4) is 0 Å². The Kier molecular flexibility index (Phi) is 6.63. The zero-order valence-electron chi connectivity index (χ0n) is 14.4. The average Bonchev–Trinajstić information content (AvgIpc) is 2.37. The standard InChI is InChI=1S/C16H33N3O2/c1-6-7-16(4,17)14(20)18(5)12-15(2,3)13-19-8-10-21-11-9-19/h6-13,17H2,1-5H3. The van der Waals surface area contributed by atoms with Crippen LogP contribution in [0.1, 0.15) is 40.5 Å². The van der Waals surface area contributed by atoms with Gasteiger partial charge in [-0.15, -0.1) is 0 Å². The molecule has 1 unspecified atom stereocenters. The Hall–Kier alpha value is -0.650. The molecule has 124 valence electrons. The van der Waals surface area contributed by atoms with E-state index < -0.39 is 5.54 Å². The highest BCUT2D eigenvalue weighted by molar-refractivity contribution is 5.85. The molecule has 1 amide bonds. The van der Waals surface area contributed by atoms with Crippen molar-refractivity contribution in [2.24, 2.45) is 11.1 Å². The number of hydrogen-bond acceptors (Lipinski definition) is 4. The fourth-order valence-electron chi connectivity index (χ4n) is 3.19. The highest BCUT2D eigenvalue weighted by Gasteiger charge is 2.33. The van der Waals surface area contributed by atoms with Crippen molar-refractivity contribution in [1.29, 1.82) is 0 Å². The number of nitrogens with zero attached hydrogens (tertiary/aromatic N) is 2. The van der Waals surface area contributed by atoms with E-state index in [4.69, 9.17) is 10.5 Å². The van der Waals surface area contributed by atoms with Gasteiger partial charge in [0, 0.05) is 33.2 Å². The predicted molar refractivity (Wildman–Crippen MR) is 86.2 cm³/mol. The Labute approximate surface area is 129 Å². The summed E-state index contributed by atoms with van der Waals surface area (Å²) in [5.41, 5.74) is 5.45. The van der Waals surface area contributed by atoms with Gasteiger partial charge in [0.15, 0.2) is 0 Å². The van der Waals surface area contributed by atoms with E-state index in [2.05, 4.69) is 25.7 Å². The van der Waals surface area contributed by atoms with Crippen LogP contribution in [0.3, 0.4) is 0 Å². The number of carbonyl (C=O) groups is 1. The Bertz CT molecular complexity index is 336. The van der Waals surface area contributed by atoms with Gasteiger partial charge in [0.05, 0.1) is 18.8 Å². The molecule has 1 aliphatic heterocycles. The molecule has 21 heavy (non-hydrogen) atoms. The van der Waals surface area contributed by atoms with E-state index in [1.807, 2.05) is 14.0 Å². The Morgan fingerprint density at radius 2 is 1.86 bits per heavy atom. The summed E-state index contributed by atoms with van der Waals surface area (Å²) in [7, 11) is 1.87. The lowest BCUT2D eigenvalue weighted by Crippen LogP contribution is -2.54. The minimum atomic E-state index is -0.751. The van der Waals surface area contributed by atoms with Gasteiger partial charge in [0.2, 0.25) is 5.91 Å². The number of rotatable bonds is 7. The number of morpholine rings is 1. The molecule has 0 aliphatic carbocycles. The molecule has 1 heterocycles. The van der Waals surface area contributed by atoms with Gasteiger partial charge < -0.3 is 15.4 Å². The zero-order valence-corrected chi connectivity index (χ0v) is 14.4. The number of hydrogen-bond donors (Lipinski definition) is 1. The normalized spacial score (nSPS) is 20.1. The molecule has 0 aromatic rings. The summed E-state index contributed by atoms with van der Waals surface area (Å²) in [6.07, 6.45) is 1.64. The average molecular weight is 299 g/mol. The third-order valence-corrected chi connectivity index (χ3v) is 4.03. The van der Waals surface area contributed by atoms with Crippen LogP contribution in [0, 0.1) is 5.41 Å². The van der Waals surface area contributed by atoms with Gasteiger partial charge in [-0.1, -0.05) is 27.2 Å². The van der Waals surface area contributed by atoms with Crippen molar-refractivity contribution in [2.75, 3.05) is 46.4 Å². The third-order valence-electron chi connectivity index (χ3n) is 4.03. The van der Waals surface area contributed by atoms with Crippen molar-refractivity contribution in [3.05, 3.63) is 0 Å². The highest BCUT2D eigenvalue weighted by atomic mass is 16.5. The van der Waals surface area contributed by atoms with Crippen LogP contribution >= 0.6 is 0 Å². The molecular weight excluding hydrogens is 266 g/mol. The summed E-state index contributed by atoms with van der Waals surface area (Å²) in [4.78, 5) is 16.7. The van der Waals surface area contributed by atoms with Crippen molar-refractivity contribution >= 4 is 5.91 Å². The first kappa shape index (κ1) is 18.4. The summed E-state index contributed by atoms with van der Waals surface area (Å²) in [5, 5.41) is 0. The van der Waals surface area contributed by atoms with Crippen molar-refractivity contribution < 1.29 is 9.53 Å². The summed E-state index contributed by atoms with van der Waals surface area (Å²) in [6.45, 7) is 13.6. The van der Waals surface area contributed by atoms with Gasteiger partial charge in [-0.05, 0) is 18.8 Å². The van der Waals surface area contributed by atoms with E-state index in [9.17, 15) is 4.79 Å². The molecule has 0 saturated carbocycles. The monoisotopic (exact) mass is 299 g/mol. The molecule has 1 aliphatic rings. The van der Waals surface area contributed by atoms with Crippen molar-refractivity contribution in [3.63, 3.8) is 0 Å². The molecule has 1 atom stereocenters. The lowest BCUT2D eigenvalue weighted by Gasteiger charge is -2.38. The first-order valence-corrected chi connectivity index (χ1v) is 8.02. The maximum atomic E-state index is 12.5. The maximum absolute atomic E-state index is 12.5. The van der Waals surface area contributed by atoms with Crippen LogP contribution in [0.5, 0.6) is 0 Å². The topological polar surface area (TPSA) is 58.8 Å². The maximum Gasteiger partial charge on any atom is 0.242 e. The number of carbonyl (C=O) groups excluding carboxylic acids is 1. The van der Waals surface area contributed by atoms with E-state index in [1.165, 1.54) is 0 Å². The number of ether oxygens (including phenoxy) is 1. The summed E-state index contributed by atoms with van der Waals surface area (Å²) in [6, 6.07) is 0. The largest absolute Gasteiger partial charge is 0.379 e. The Morgan fingerprint density at radius 3 is 2.38 bits per heavy atom. The van der Waals surface area contributed by atoms with Crippen LogP contribution in [0.2, 0.25) is 0 Å². The molecule has 5 heteroatoms. The lowest BCUT2D eigenvalue weighted by molar-refractivity contribution is -0.136. The van der Waals surface area contributed by atoms with Crippen LogP contribution in [-0.2, 0) is 9.53 Å². The van der Waals surface area contributed by atoms with Gasteiger partial charge in [-0.2, -0.15) is 0 Å². The Balaban J connectivity index is 2.54. The van der Waals surface area contributed by atoms with E-state index in [1.54, 1.807) is 4.90 Å². The van der Waals surface area contributed by atoms with Gasteiger partial charge >= 0.3 is 0 Å². The molecule has 0 aromatic heterocycles. The molecule has 0 spiro atoms. The van der Waals surface area contributed by atoms with Crippen LogP contribution in [0.15, 0.2) is 0 Å². The molecule has 0 bridgehead atoms. The molecule has 5 nitrogen and oxygen atoms in total. The summed E-state index contributed by atoms with van der Waals surface area (Å²) < 4.78 is 5.38. The van der Waals surface area contributed by atoms with E-state index in [0.717, 1.165) is 52.2 Å². The third kappa shape index (κ3) is 5.93. The molecule has 0 aromatic carbocycles. The van der Waals surface area contributed by atoms with Crippen molar-refractivity contribution in [1.82, 2.24) is 9.80 Å². The molecule has 1 rings (SSSR count). The smallest absolute Gasteiger partial charge is 0.242 e.